The van der Waals surface area contributed by atoms with Gasteiger partial charge in [0.2, 0.25) is 0 Å². The van der Waals surface area contributed by atoms with E-state index in [1.807, 2.05) is 6.07 Å². The predicted molar refractivity (Wildman–Crippen MR) is 65.4 cm³/mol. The third-order valence-corrected chi connectivity index (χ3v) is 2.91. The lowest BCUT2D eigenvalue weighted by Crippen LogP contribution is -2.06. The molecule has 0 heterocycles. The first-order chi connectivity index (χ1) is 7.59. The summed E-state index contributed by atoms with van der Waals surface area (Å²) in [6.45, 7) is 0.697. The third-order valence-electron chi connectivity index (χ3n) is 2.05. The van der Waals surface area contributed by atoms with Gasteiger partial charge in [0.15, 0.2) is 0 Å². The second-order valence-corrected chi connectivity index (χ2v) is 5.00. The van der Waals surface area contributed by atoms with Crippen molar-refractivity contribution in [3.05, 3.63) is 29.8 Å². The number of hydrogen-bond donors (Lipinski definition) is 2. The van der Waals surface area contributed by atoms with Crippen LogP contribution in [-0.4, -0.2) is 33.8 Å². The summed E-state index contributed by atoms with van der Waals surface area (Å²) in [5.41, 5.74) is 1.05. The first kappa shape index (κ1) is 12.7. The SMILES string of the molecule is CS(=O)CCCNc1cccc(C(=O)O)c1. The molecular weight excluding hydrogens is 226 g/mol. The van der Waals surface area contributed by atoms with Gasteiger partial charge >= 0.3 is 5.97 Å². The van der Waals surface area contributed by atoms with Gasteiger partial charge < -0.3 is 10.4 Å². The smallest absolute Gasteiger partial charge is 0.335 e. The summed E-state index contributed by atoms with van der Waals surface area (Å²) in [5, 5.41) is 11.9. The molecule has 1 rings (SSSR count). The highest BCUT2D eigenvalue weighted by Crippen LogP contribution is 2.10. The van der Waals surface area contributed by atoms with Crippen molar-refractivity contribution in [1.82, 2.24) is 0 Å². The fourth-order valence-electron chi connectivity index (χ4n) is 1.27. The highest BCUT2D eigenvalue weighted by atomic mass is 32.2. The topological polar surface area (TPSA) is 66.4 Å². The van der Waals surface area contributed by atoms with Gasteiger partial charge in [-0.05, 0) is 24.6 Å². The molecular formula is C11H15NO3S. The van der Waals surface area contributed by atoms with Crippen LogP contribution in [0.4, 0.5) is 5.69 Å². The quantitative estimate of drug-likeness (QED) is 0.742. The Morgan fingerprint density at radius 3 is 2.88 bits per heavy atom. The zero-order valence-electron chi connectivity index (χ0n) is 9.10. The fraction of sp³-hybridized carbons (Fsp3) is 0.364. The molecule has 1 unspecified atom stereocenters. The Morgan fingerprint density at radius 1 is 1.50 bits per heavy atom. The van der Waals surface area contributed by atoms with E-state index in [2.05, 4.69) is 5.32 Å². The van der Waals surface area contributed by atoms with Gasteiger partial charge in [-0.3, -0.25) is 4.21 Å². The van der Waals surface area contributed by atoms with Crippen molar-refractivity contribution in [3.63, 3.8) is 0 Å². The molecule has 2 N–H and O–H groups in total. The van der Waals surface area contributed by atoms with E-state index in [1.165, 1.54) is 0 Å². The van der Waals surface area contributed by atoms with Crippen molar-refractivity contribution in [2.24, 2.45) is 0 Å². The summed E-state index contributed by atoms with van der Waals surface area (Å²) in [6, 6.07) is 6.65. The molecule has 1 atom stereocenters. The first-order valence-electron chi connectivity index (χ1n) is 4.97. The van der Waals surface area contributed by atoms with E-state index in [4.69, 9.17) is 5.11 Å². The van der Waals surface area contributed by atoms with Gasteiger partial charge in [0, 0.05) is 35.0 Å². The molecule has 0 amide bonds. The van der Waals surface area contributed by atoms with Gasteiger partial charge in [-0.2, -0.15) is 0 Å². The van der Waals surface area contributed by atoms with E-state index < -0.39 is 16.8 Å². The molecule has 0 saturated heterocycles. The van der Waals surface area contributed by atoms with Crippen LogP contribution >= 0.6 is 0 Å². The van der Waals surface area contributed by atoms with Crippen LogP contribution in [0.1, 0.15) is 16.8 Å². The van der Waals surface area contributed by atoms with Gasteiger partial charge in [0.1, 0.15) is 0 Å². The fourth-order valence-corrected chi connectivity index (χ4v) is 1.82. The molecule has 0 aliphatic carbocycles. The van der Waals surface area contributed by atoms with E-state index in [1.54, 1.807) is 24.5 Å². The summed E-state index contributed by atoms with van der Waals surface area (Å²) in [7, 11) is -0.769. The first-order valence-corrected chi connectivity index (χ1v) is 6.69. The molecule has 0 spiro atoms. The Hall–Kier alpha value is -1.36. The van der Waals surface area contributed by atoms with Gasteiger partial charge in [-0.15, -0.1) is 0 Å². The number of anilines is 1. The third kappa shape index (κ3) is 4.44. The molecule has 0 saturated carbocycles. The number of aromatic carboxylic acids is 1. The van der Waals surface area contributed by atoms with Crippen LogP contribution in [0.3, 0.4) is 0 Å². The Kier molecular flexibility index (Phi) is 4.98. The number of hydrogen-bond acceptors (Lipinski definition) is 3. The summed E-state index contributed by atoms with van der Waals surface area (Å²) in [6.07, 6.45) is 2.48. The predicted octanol–water partition coefficient (Wildman–Crippen LogP) is 1.57. The van der Waals surface area contributed by atoms with Crippen LogP contribution in [-0.2, 0) is 10.8 Å². The monoisotopic (exact) mass is 241 g/mol. The van der Waals surface area contributed by atoms with Crippen LogP contribution < -0.4 is 5.32 Å². The van der Waals surface area contributed by atoms with Crippen LogP contribution in [0, 0.1) is 0 Å². The standard InChI is InChI=1S/C11H15NO3S/c1-16(15)7-3-6-12-10-5-2-4-9(8-10)11(13)14/h2,4-5,8,12H,3,6-7H2,1H3,(H,13,14). The number of benzene rings is 1. The number of carboxylic acids is 1. The van der Waals surface area contributed by atoms with Crippen molar-refractivity contribution in [2.45, 2.75) is 6.42 Å². The second kappa shape index (κ2) is 6.27. The minimum Gasteiger partial charge on any atom is -0.478 e. The average molecular weight is 241 g/mol. The summed E-state index contributed by atoms with van der Waals surface area (Å²) in [5.74, 6) is -0.274. The minimum absolute atomic E-state index is 0.268. The average Bonchev–Trinajstić information content (AvgIpc) is 2.24. The molecule has 5 heteroatoms. The van der Waals surface area contributed by atoms with Gasteiger partial charge in [-0.1, -0.05) is 6.07 Å². The highest BCUT2D eigenvalue weighted by Gasteiger charge is 2.02. The van der Waals surface area contributed by atoms with Crippen molar-refractivity contribution in [3.8, 4) is 0 Å². The summed E-state index contributed by atoms with van der Waals surface area (Å²) in [4.78, 5) is 10.7. The summed E-state index contributed by atoms with van der Waals surface area (Å²) < 4.78 is 10.8. The number of rotatable bonds is 6. The molecule has 0 aliphatic heterocycles. The zero-order valence-corrected chi connectivity index (χ0v) is 9.92. The maximum Gasteiger partial charge on any atom is 0.335 e. The lowest BCUT2D eigenvalue weighted by molar-refractivity contribution is 0.0697. The van der Waals surface area contributed by atoms with E-state index in [0.717, 1.165) is 12.1 Å². The van der Waals surface area contributed by atoms with Gasteiger partial charge in [-0.25, -0.2) is 4.79 Å². The normalized spacial score (nSPS) is 12.1. The molecule has 0 aliphatic rings. The maximum absolute atomic E-state index is 10.8. The van der Waals surface area contributed by atoms with E-state index in [-0.39, 0.29) is 5.56 Å². The molecule has 1 aromatic carbocycles. The summed E-state index contributed by atoms with van der Waals surface area (Å²) >= 11 is 0. The Morgan fingerprint density at radius 2 is 2.25 bits per heavy atom. The van der Waals surface area contributed by atoms with Crippen LogP contribution in [0.25, 0.3) is 0 Å². The van der Waals surface area contributed by atoms with Gasteiger partial charge in [0.25, 0.3) is 0 Å². The van der Waals surface area contributed by atoms with E-state index in [0.29, 0.717) is 12.3 Å². The molecule has 1 aromatic rings. The van der Waals surface area contributed by atoms with E-state index >= 15 is 0 Å². The molecule has 4 nitrogen and oxygen atoms in total. The Bertz CT molecular complexity index is 393. The van der Waals surface area contributed by atoms with Crippen LogP contribution in [0.2, 0.25) is 0 Å². The Labute approximate surface area is 97.1 Å². The Balaban J connectivity index is 2.45. The van der Waals surface area contributed by atoms with Crippen LogP contribution in [0.15, 0.2) is 24.3 Å². The molecule has 0 fully saturated rings. The number of carboxylic acid groups (broad SMARTS) is 1. The number of carbonyl (C=O) groups is 1. The highest BCUT2D eigenvalue weighted by molar-refractivity contribution is 7.84. The van der Waals surface area contributed by atoms with E-state index in [9.17, 15) is 9.00 Å². The van der Waals surface area contributed by atoms with Crippen molar-refractivity contribution in [1.29, 1.82) is 0 Å². The molecule has 88 valence electrons. The largest absolute Gasteiger partial charge is 0.478 e. The maximum atomic E-state index is 10.8. The van der Waals surface area contributed by atoms with Crippen LogP contribution in [0.5, 0.6) is 0 Å². The van der Waals surface area contributed by atoms with Gasteiger partial charge in [0.05, 0.1) is 5.56 Å². The molecule has 0 bridgehead atoms. The second-order valence-electron chi connectivity index (χ2n) is 3.44. The van der Waals surface area contributed by atoms with Crippen molar-refractivity contribution < 1.29 is 14.1 Å². The molecule has 0 aromatic heterocycles. The lowest BCUT2D eigenvalue weighted by atomic mass is 10.2. The molecule has 16 heavy (non-hydrogen) atoms. The molecule has 0 radical (unpaired) electrons. The zero-order chi connectivity index (χ0) is 12.0. The minimum atomic E-state index is -0.932. The lowest BCUT2D eigenvalue weighted by Gasteiger charge is -2.06. The van der Waals surface area contributed by atoms with Crippen molar-refractivity contribution in [2.75, 3.05) is 23.9 Å². The van der Waals surface area contributed by atoms with Crippen molar-refractivity contribution >= 4 is 22.5 Å². The number of nitrogens with one attached hydrogen (secondary N) is 1.